The lowest BCUT2D eigenvalue weighted by atomic mass is 9.85. The van der Waals surface area contributed by atoms with Crippen molar-refractivity contribution < 1.29 is 14.3 Å². The molecule has 1 aromatic heterocycles. The van der Waals surface area contributed by atoms with Crippen LogP contribution in [0, 0.1) is 5.92 Å². The van der Waals surface area contributed by atoms with Gasteiger partial charge in [0.25, 0.3) is 0 Å². The molecule has 2 heterocycles. The fraction of sp³-hybridized carbons (Fsp3) is 0.407. The van der Waals surface area contributed by atoms with Gasteiger partial charge in [-0.15, -0.1) is 0 Å². The van der Waals surface area contributed by atoms with Crippen molar-refractivity contribution >= 4 is 39.8 Å². The Morgan fingerprint density at radius 2 is 2.00 bits per heavy atom. The Labute approximate surface area is 205 Å². The van der Waals surface area contributed by atoms with Crippen molar-refractivity contribution in [3.8, 4) is 0 Å². The highest BCUT2D eigenvalue weighted by atomic mass is 35.5. The lowest BCUT2D eigenvalue weighted by Gasteiger charge is -2.32. The number of fused-ring (bicyclic) bond motifs is 1. The SMILES string of the molecule is O=C(Nc1cnc2ccc(Cl)cc2c1NC1CCOC(COCc2ccccc2)C1)C1CCC1. The van der Waals surface area contributed by atoms with Crippen molar-refractivity contribution in [3.05, 3.63) is 65.3 Å². The van der Waals surface area contributed by atoms with Crippen LogP contribution in [0.5, 0.6) is 0 Å². The van der Waals surface area contributed by atoms with Gasteiger partial charge in [-0.25, -0.2) is 0 Å². The van der Waals surface area contributed by atoms with Crippen LogP contribution in [-0.2, 0) is 20.9 Å². The van der Waals surface area contributed by atoms with Gasteiger partial charge in [-0.1, -0.05) is 48.4 Å². The first kappa shape index (κ1) is 23.1. The monoisotopic (exact) mass is 479 g/mol. The molecule has 2 fully saturated rings. The highest BCUT2D eigenvalue weighted by Gasteiger charge is 2.28. The molecule has 6 nitrogen and oxygen atoms in total. The summed E-state index contributed by atoms with van der Waals surface area (Å²) >= 11 is 6.32. The van der Waals surface area contributed by atoms with Gasteiger partial charge in [0, 0.05) is 29.0 Å². The number of carbonyl (C=O) groups excluding carboxylic acids is 1. The Morgan fingerprint density at radius 3 is 2.79 bits per heavy atom. The summed E-state index contributed by atoms with van der Waals surface area (Å²) in [7, 11) is 0. The van der Waals surface area contributed by atoms with E-state index in [1.807, 2.05) is 36.4 Å². The van der Waals surface area contributed by atoms with E-state index in [4.69, 9.17) is 21.1 Å². The zero-order chi connectivity index (χ0) is 23.3. The van der Waals surface area contributed by atoms with Gasteiger partial charge in [-0.3, -0.25) is 9.78 Å². The van der Waals surface area contributed by atoms with Gasteiger partial charge < -0.3 is 20.1 Å². The summed E-state index contributed by atoms with van der Waals surface area (Å²) in [5, 5.41) is 8.35. The van der Waals surface area contributed by atoms with Gasteiger partial charge in [0.1, 0.15) is 0 Å². The molecule has 178 valence electrons. The van der Waals surface area contributed by atoms with Crippen molar-refractivity contribution in [3.63, 3.8) is 0 Å². The topological polar surface area (TPSA) is 72.5 Å². The standard InChI is InChI=1S/C27H30ClN3O3/c28-20-9-10-24-23(13-20)26(25(15-29-24)31-27(32)19-7-4-8-19)30-21-11-12-34-22(14-21)17-33-16-18-5-2-1-3-6-18/h1-3,5-6,9-10,13,15,19,21-22H,4,7-8,11-12,14,16-17H2,(H,29,30)(H,31,32). The van der Waals surface area contributed by atoms with Crippen LogP contribution in [0.4, 0.5) is 11.4 Å². The molecule has 1 saturated heterocycles. The van der Waals surface area contributed by atoms with E-state index in [1.165, 1.54) is 0 Å². The van der Waals surface area contributed by atoms with Gasteiger partial charge in [-0.05, 0) is 49.4 Å². The molecule has 1 amide bonds. The number of halogens is 1. The predicted octanol–water partition coefficient (Wildman–Crippen LogP) is 5.80. The fourth-order valence-corrected chi connectivity index (χ4v) is 4.71. The van der Waals surface area contributed by atoms with Gasteiger partial charge >= 0.3 is 0 Å². The van der Waals surface area contributed by atoms with Crippen molar-refractivity contribution in [2.45, 2.75) is 50.9 Å². The van der Waals surface area contributed by atoms with E-state index in [-0.39, 0.29) is 24.0 Å². The lowest BCUT2D eigenvalue weighted by Crippen LogP contribution is -2.37. The second-order valence-corrected chi connectivity index (χ2v) is 9.62. The molecule has 0 radical (unpaired) electrons. The molecule has 7 heteroatoms. The molecule has 2 N–H and O–H groups in total. The molecule has 5 rings (SSSR count). The van der Waals surface area contributed by atoms with Crippen LogP contribution < -0.4 is 10.6 Å². The number of benzene rings is 2. The molecule has 2 aromatic carbocycles. The zero-order valence-corrected chi connectivity index (χ0v) is 19.9. The molecule has 2 unspecified atom stereocenters. The maximum absolute atomic E-state index is 12.7. The third-order valence-corrected chi connectivity index (χ3v) is 6.93. The van der Waals surface area contributed by atoms with Crippen molar-refractivity contribution in [2.24, 2.45) is 5.92 Å². The first-order valence-corrected chi connectivity index (χ1v) is 12.4. The highest BCUT2D eigenvalue weighted by molar-refractivity contribution is 6.31. The Hall–Kier alpha value is -2.67. The van der Waals surface area contributed by atoms with Crippen LogP contribution in [0.25, 0.3) is 10.9 Å². The first-order valence-electron chi connectivity index (χ1n) is 12.0. The van der Waals surface area contributed by atoms with Crippen molar-refractivity contribution in [1.29, 1.82) is 0 Å². The van der Waals surface area contributed by atoms with Crippen molar-refractivity contribution in [2.75, 3.05) is 23.8 Å². The van der Waals surface area contributed by atoms with Crippen molar-refractivity contribution in [1.82, 2.24) is 4.98 Å². The summed E-state index contributed by atoms with van der Waals surface area (Å²) in [5.41, 5.74) is 3.56. The van der Waals surface area contributed by atoms with Crippen LogP contribution >= 0.6 is 11.6 Å². The smallest absolute Gasteiger partial charge is 0.227 e. The maximum atomic E-state index is 12.7. The number of rotatable bonds is 8. The summed E-state index contributed by atoms with van der Waals surface area (Å²) < 4.78 is 11.9. The van der Waals surface area contributed by atoms with Crippen LogP contribution in [0.2, 0.25) is 5.02 Å². The van der Waals surface area contributed by atoms with E-state index in [0.29, 0.717) is 30.5 Å². The van der Waals surface area contributed by atoms with E-state index >= 15 is 0 Å². The molecule has 0 bridgehead atoms. The maximum Gasteiger partial charge on any atom is 0.227 e. The Morgan fingerprint density at radius 1 is 1.15 bits per heavy atom. The minimum Gasteiger partial charge on any atom is -0.380 e. The summed E-state index contributed by atoms with van der Waals surface area (Å²) in [6, 6.07) is 16.0. The van der Waals surface area contributed by atoms with E-state index in [1.54, 1.807) is 6.20 Å². The van der Waals surface area contributed by atoms with E-state index in [0.717, 1.165) is 54.3 Å². The van der Waals surface area contributed by atoms with E-state index < -0.39 is 0 Å². The third-order valence-electron chi connectivity index (χ3n) is 6.69. The number of pyridine rings is 1. The number of nitrogens with one attached hydrogen (secondary N) is 2. The number of carbonyl (C=O) groups is 1. The lowest BCUT2D eigenvalue weighted by molar-refractivity contribution is -0.122. The number of nitrogens with zero attached hydrogens (tertiary/aromatic N) is 1. The summed E-state index contributed by atoms with van der Waals surface area (Å²) in [5.74, 6) is 0.161. The van der Waals surface area contributed by atoms with E-state index in [2.05, 4.69) is 27.8 Å². The number of aromatic nitrogens is 1. The first-order chi connectivity index (χ1) is 16.7. The zero-order valence-electron chi connectivity index (χ0n) is 19.1. The molecule has 0 spiro atoms. The Bertz CT molecular complexity index is 1140. The largest absolute Gasteiger partial charge is 0.380 e. The summed E-state index contributed by atoms with van der Waals surface area (Å²) in [4.78, 5) is 17.3. The molecule has 34 heavy (non-hydrogen) atoms. The number of ether oxygens (including phenoxy) is 2. The second kappa shape index (κ2) is 10.7. The summed E-state index contributed by atoms with van der Waals surface area (Å²) in [6.07, 6.45) is 6.46. The number of hydrogen-bond acceptors (Lipinski definition) is 5. The van der Waals surface area contributed by atoms with E-state index in [9.17, 15) is 4.79 Å². The quantitative estimate of drug-likeness (QED) is 0.427. The highest BCUT2D eigenvalue weighted by Crippen LogP contribution is 2.35. The van der Waals surface area contributed by atoms with Gasteiger partial charge in [0.05, 0.1) is 42.4 Å². The average Bonchev–Trinajstić information content (AvgIpc) is 2.80. The number of amides is 1. The molecule has 1 aliphatic carbocycles. The Kier molecular flexibility index (Phi) is 7.28. The Balaban J connectivity index is 1.29. The average molecular weight is 480 g/mol. The van der Waals surface area contributed by atoms with Gasteiger partial charge in [0.2, 0.25) is 5.91 Å². The minimum absolute atomic E-state index is 0.0136. The molecule has 3 aromatic rings. The van der Waals surface area contributed by atoms with Gasteiger partial charge in [0.15, 0.2) is 0 Å². The van der Waals surface area contributed by atoms with Crippen LogP contribution in [0.1, 0.15) is 37.7 Å². The van der Waals surface area contributed by atoms with Crippen LogP contribution in [-0.4, -0.2) is 36.3 Å². The molecule has 1 aliphatic heterocycles. The molecule has 2 atom stereocenters. The fourth-order valence-electron chi connectivity index (χ4n) is 4.53. The normalized spacial score (nSPS) is 20.6. The number of hydrogen-bond donors (Lipinski definition) is 2. The van der Waals surface area contributed by atoms with Crippen LogP contribution in [0.3, 0.4) is 0 Å². The summed E-state index contributed by atoms with van der Waals surface area (Å²) in [6.45, 7) is 1.77. The molecular formula is C27H30ClN3O3. The molecular weight excluding hydrogens is 450 g/mol. The minimum atomic E-state index is 0.0136. The second-order valence-electron chi connectivity index (χ2n) is 9.18. The number of anilines is 2. The molecule has 1 saturated carbocycles. The predicted molar refractivity (Wildman–Crippen MR) is 135 cm³/mol. The van der Waals surface area contributed by atoms with Crippen LogP contribution in [0.15, 0.2) is 54.7 Å². The van der Waals surface area contributed by atoms with Gasteiger partial charge in [-0.2, -0.15) is 0 Å². The third kappa shape index (κ3) is 5.52. The molecule has 2 aliphatic rings.